The van der Waals surface area contributed by atoms with E-state index in [2.05, 4.69) is 21.2 Å². The van der Waals surface area contributed by atoms with Crippen LogP contribution in [0.2, 0.25) is 0 Å². The lowest BCUT2D eigenvalue weighted by Gasteiger charge is -2.25. The average Bonchev–Trinajstić information content (AvgIpc) is 2.17. The average molecular weight is 290 g/mol. The molecule has 1 N–H and O–H groups in total. The molecule has 0 amide bonds. The maximum atomic E-state index is 11.8. The first-order valence-corrected chi connectivity index (χ1v) is 7.18. The number of fused-ring (bicyclic) bond motifs is 1. The fourth-order valence-corrected chi connectivity index (χ4v) is 3.89. The molecule has 15 heavy (non-hydrogen) atoms. The quantitative estimate of drug-likeness (QED) is 0.859. The van der Waals surface area contributed by atoms with Crippen molar-refractivity contribution in [1.82, 2.24) is 5.32 Å². The zero-order chi connectivity index (χ0) is 11.1. The van der Waals surface area contributed by atoms with E-state index in [4.69, 9.17) is 0 Å². The van der Waals surface area contributed by atoms with Gasteiger partial charge in [-0.2, -0.15) is 0 Å². The van der Waals surface area contributed by atoms with Crippen molar-refractivity contribution in [3.05, 3.63) is 28.2 Å². The molecule has 3 nitrogen and oxygen atoms in total. The van der Waals surface area contributed by atoms with Gasteiger partial charge < -0.3 is 5.32 Å². The maximum Gasteiger partial charge on any atom is 0.178 e. The van der Waals surface area contributed by atoms with Gasteiger partial charge in [0.15, 0.2) is 9.84 Å². The van der Waals surface area contributed by atoms with Gasteiger partial charge in [0.2, 0.25) is 0 Å². The summed E-state index contributed by atoms with van der Waals surface area (Å²) in [7, 11) is -1.21. The molecule has 82 valence electrons. The summed E-state index contributed by atoms with van der Waals surface area (Å²) in [5, 5.41) is 3.14. The van der Waals surface area contributed by atoms with Crippen molar-refractivity contribution in [1.29, 1.82) is 0 Å². The van der Waals surface area contributed by atoms with Crippen molar-refractivity contribution < 1.29 is 8.42 Å². The number of halogens is 1. The zero-order valence-electron chi connectivity index (χ0n) is 8.33. The highest BCUT2D eigenvalue weighted by atomic mass is 79.9. The van der Waals surface area contributed by atoms with Crippen LogP contribution in [-0.2, 0) is 9.84 Å². The Morgan fingerprint density at radius 2 is 2.20 bits per heavy atom. The molecule has 1 aliphatic heterocycles. The van der Waals surface area contributed by atoms with Gasteiger partial charge in [0.05, 0.1) is 10.6 Å². The molecule has 1 unspecified atom stereocenters. The summed E-state index contributed by atoms with van der Waals surface area (Å²) in [5.74, 6) is 0.229. The Morgan fingerprint density at radius 1 is 1.47 bits per heavy atom. The third-order valence-electron chi connectivity index (χ3n) is 2.71. The van der Waals surface area contributed by atoms with Crippen molar-refractivity contribution >= 4 is 25.8 Å². The molecular formula is C10H12BrNO2S. The van der Waals surface area contributed by atoms with Crippen LogP contribution in [0.25, 0.3) is 0 Å². The number of rotatable bonds is 1. The Labute approximate surface area is 97.9 Å². The third kappa shape index (κ3) is 1.96. The van der Waals surface area contributed by atoms with E-state index in [1.54, 1.807) is 12.1 Å². The van der Waals surface area contributed by atoms with E-state index in [0.29, 0.717) is 11.3 Å². The Morgan fingerprint density at radius 3 is 2.87 bits per heavy atom. The second-order valence-electron chi connectivity index (χ2n) is 3.63. The predicted octanol–water partition coefficient (Wildman–Crippen LogP) is 1.89. The monoisotopic (exact) mass is 289 g/mol. The smallest absolute Gasteiger partial charge is 0.178 e. The molecule has 0 saturated heterocycles. The van der Waals surface area contributed by atoms with Crippen LogP contribution < -0.4 is 5.32 Å². The van der Waals surface area contributed by atoms with E-state index in [9.17, 15) is 8.42 Å². The zero-order valence-corrected chi connectivity index (χ0v) is 10.7. The highest BCUT2D eigenvalue weighted by molar-refractivity contribution is 9.10. The minimum atomic E-state index is -3.06. The Hall–Kier alpha value is -0.390. The normalized spacial score (nSPS) is 23.5. The predicted molar refractivity (Wildman–Crippen MR) is 62.6 cm³/mol. The van der Waals surface area contributed by atoms with E-state index in [1.165, 1.54) is 0 Å². The van der Waals surface area contributed by atoms with Crippen molar-refractivity contribution in [3.8, 4) is 0 Å². The van der Waals surface area contributed by atoms with E-state index in [1.807, 2.05) is 13.1 Å². The summed E-state index contributed by atoms with van der Waals surface area (Å²) < 4.78 is 24.5. The Bertz CT molecular complexity index is 484. The lowest BCUT2D eigenvalue weighted by molar-refractivity contribution is 0.528. The third-order valence-corrected chi connectivity index (χ3v) is 5.01. The Balaban J connectivity index is 2.64. The lowest BCUT2D eigenvalue weighted by atomic mass is 10.0. The highest BCUT2D eigenvalue weighted by Crippen LogP contribution is 2.33. The van der Waals surface area contributed by atoms with Gasteiger partial charge in [-0.3, -0.25) is 0 Å². The van der Waals surface area contributed by atoms with Crippen molar-refractivity contribution in [2.75, 3.05) is 12.8 Å². The summed E-state index contributed by atoms with van der Waals surface area (Å²) in [6.07, 6.45) is 0.641. The van der Waals surface area contributed by atoms with Crippen molar-refractivity contribution in [2.45, 2.75) is 17.4 Å². The topological polar surface area (TPSA) is 46.2 Å². The summed E-state index contributed by atoms with van der Waals surface area (Å²) in [6, 6.07) is 5.47. The Kier molecular flexibility index (Phi) is 2.87. The minimum Gasteiger partial charge on any atom is -0.313 e. The molecule has 0 aliphatic carbocycles. The first-order valence-electron chi connectivity index (χ1n) is 4.74. The fourth-order valence-electron chi connectivity index (χ4n) is 1.91. The van der Waals surface area contributed by atoms with Crippen LogP contribution in [0.1, 0.15) is 18.0 Å². The summed E-state index contributed by atoms with van der Waals surface area (Å²) >= 11 is 3.36. The SMILES string of the molecule is CNC1CCS(=O)(=O)c2ccc(Br)cc21. The van der Waals surface area contributed by atoms with Gasteiger partial charge in [-0.25, -0.2) is 8.42 Å². The van der Waals surface area contributed by atoms with Gasteiger partial charge in [-0.1, -0.05) is 15.9 Å². The van der Waals surface area contributed by atoms with Crippen LogP contribution in [0.15, 0.2) is 27.6 Å². The molecule has 1 heterocycles. The highest BCUT2D eigenvalue weighted by Gasteiger charge is 2.29. The molecule has 1 aliphatic rings. The number of nitrogens with one attached hydrogen (secondary N) is 1. The number of benzene rings is 1. The largest absolute Gasteiger partial charge is 0.313 e. The van der Waals surface area contributed by atoms with Gasteiger partial charge in [0, 0.05) is 10.5 Å². The maximum absolute atomic E-state index is 11.8. The second-order valence-corrected chi connectivity index (χ2v) is 6.62. The van der Waals surface area contributed by atoms with E-state index in [-0.39, 0.29) is 11.8 Å². The number of hydrogen-bond donors (Lipinski definition) is 1. The molecule has 0 fully saturated rings. The summed E-state index contributed by atoms with van der Waals surface area (Å²) in [6.45, 7) is 0. The first kappa shape index (κ1) is 11.1. The molecule has 0 aromatic heterocycles. The first-order chi connectivity index (χ1) is 7.04. The lowest BCUT2D eigenvalue weighted by Crippen LogP contribution is -2.27. The molecule has 0 bridgehead atoms. The van der Waals surface area contributed by atoms with Crippen molar-refractivity contribution in [2.24, 2.45) is 0 Å². The standard InChI is InChI=1S/C10H12BrNO2S/c1-12-9-4-5-15(13,14)10-3-2-7(11)6-8(9)10/h2-3,6,9,12H,4-5H2,1H3. The summed E-state index contributed by atoms with van der Waals surface area (Å²) in [5.41, 5.74) is 0.873. The van der Waals surface area contributed by atoms with E-state index in [0.717, 1.165) is 10.0 Å². The van der Waals surface area contributed by atoms with Gasteiger partial charge in [0.25, 0.3) is 0 Å². The van der Waals surface area contributed by atoms with Crippen molar-refractivity contribution in [3.63, 3.8) is 0 Å². The summed E-state index contributed by atoms with van der Waals surface area (Å²) in [4.78, 5) is 0.469. The van der Waals surface area contributed by atoms with Crippen LogP contribution in [0, 0.1) is 0 Å². The molecule has 0 radical (unpaired) electrons. The molecule has 1 aromatic rings. The molecular weight excluding hydrogens is 278 g/mol. The molecule has 5 heteroatoms. The molecule has 2 rings (SSSR count). The van der Waals surface area contributed by atoms with Crippen LogP contribution in [-0.4, -0.2) is 21.2 Å². The van der Waals surface area contributed by atoms with Crippen LogP contribution in [0.3, 0.4) is 0 Å². The second kappa shape index (κ2) is 3.88. The van der Waals surface area contributed by atoms with Crippen LogP contribution in [0.5, 0.6) is 0 Å². The van der Waals surface area contributed by atoms with E-state index >= 15 is 0 Å². The fraction of sp³-hybridized carbons (Fsp3) is 0.400. The van der Waals surface area contributed by atoms with E-state index < -0.39 is 9.84 Å². The molecule has 0 spiro atoms. The van der Waals surface area contributed by atoms with Gasteiger partial charge in [-0.15, -0.1) is 0 Å². The number of sulfone groups is 1. The molecule has 0 saturated carbocycles. The van der Waals surface area contributed by atoms with Crippen LogP contribution >= 0.6 is 15.9 Å². The molecule has 1 atom stereocenters. The van der Waals surface area contributed by atoms with Gasteiger partial charge in [-0.05, 0) is 37.2 Å². The van der Waals surface area contributed by atoms with Gasteiger partial charge in [0.1, 0.15) is 0 Å². The minimum absolute atomic E-state index is 0.140. The van der Waals surface area contributed by atoms with Crippen LogP contribution in [0.4, 0.5) is 0 Å². The molecule has 1 aromatic carbocycles. The number of hydrogen-bond acceptors (Lipinski definition) is 3. The van der Waals surface area contributed by atoms with Gasteiger partial charge >= 0.3 is 0 Å².